The van der Waals surface area contributed by atoms with Crippen LogP contribution in [-0.4, -0.2) is 9.78 Å². The van der Waals surface area contributed by atoms with Crippen molar-refractivity contribution in [3.8, 4) is 17.1 Å². The third-order valence-corrected chi connectivity index (χ3v) is 5.53. The average Bonchev–Trinajstić information content (AvgIpc) is 3.23. The van der Waals surface area contributed by atoms with Crippen LogP contribution in [0.25, 0.3) is 39.0 Å². The van der Waals surface area contributed by atoms with Gasteiger partial charge < -0.3 is 4.42 Å². The van der Waals surface area contributed by atoms with Crippen molar-refractivity contribution in [2.24, 2.45) is 7.05 Å². The first kappa shape index (κ1) is 16.8. The van der Waals surface area contributed by atoms with Gasteiger partial charge in [-0.25, -0.2) is 0 Å². The molecule has 2 aromatic heterocycles. The van der Waals surface area contributed by atoms with Gasteiger partial charge in [-0.3, -0.25) is 0 Å². The maximum atomic E-state index is 6.34. The number of hydrogen-bond acceptors (Lipinski definition) is 2. The maximum Gasteiger partial charge on any atom is 0.276 e. The summed E-state index contributed by atoms with van der Waals surface area (Å²) in [6.45, 7) is 6.41. The summed E-state index contributed by atoms with van der Waals surface area (Å²) < 4.78 is 10.5. The molecule has 0 saturated carbocycles. The fraction of sp³-hybridized carbons (Fsp3) is 0.167. The van der Waals surface area contributed by atoms with Crippen LogP contribution in [0.1, 0.15) is 16.7 Å². The summed E-state index contributed by atoms with van der Waals surface area (Å²) in [5, 5.41) is 6.86. The second-order valence-electron chi connectivity index (χ2n) is 7.42. The van der Waals surface area contributed by atoms with Crippen LogP contribution in [0.15, 0.2) is 65.3 Å². The van der Waals surface area contributed by atoms with Gasteiger partial charge in [-0.2, -0.15) is 4.57 Å². The lowest BCUT2D eigenvalue weighted by Gasteiger charge is -2.10. The number of fused-ring (bicyclic) bond motifs is 3. The van der Waals surface area contributed by atoms with E-state index in [2.05, 4.69) is 72.9 Å². The van der Waals surface area contributed by atoms with Gasteiger partial charge in [0.25, 0.3) is 12.2 Å². The molecule has 4 heteroatoms. The number of nitrogens with zero attached hydrogens (tertiary/aromatic N) is 3. The zero-order chi connectivity index (χ0) is 19.4. The van der Waals surface area contributed by atoms with Gasteiger partial charge in [-0.05, 0) is 43.5 Å². The minimum Gasteiger partial charge on any atom is -0.455 e. The first-order valence-corrected chi connectivity index (χ1v) is 9.47. The number of rotatable bonds is 2. The summed E-state index contributed by atoms with van der Waals surface area (Å²) in [4.78, 5) is 0. The normalized spacial score (nSPS) is 11.6. The molecule has 5 rings (SSSR count). The quantitative estimate of drug-likeness (QED) is 0.402. The van der Waals surface area contributed by atoms with Crippen LogP contribution >= 0.6 is 0 Å². The van der Waals surface area contributed by atoms with Crippen molar-refractivity contribution in [3.63, 3.8) is 0 Å². The lowest BCUT2D eigenvalue weighted by atomic mass is 10.0. The van der Waals surface area contributed by atoms with Gasteiger partial charge in [-0.1, -0.05) is 48.5 Å². The predicted octanol–water partition coefficient (Wildman–Crippen LogP) is 5.19. The van der Waals surface area contributed by atoms with E-state index in [0.717, 1.165) is 44.6 Å². The van der Waals surface area contributed by atoms with Crippen molar-refractivity contribution < 1.29 is 8.98 Å². The molecule has 2 heterocycles. The number of hydrogen-bond donors (Lipinski definition) is 0. The van der Waals surface area contributed by atoms with Crippen LogP contribution in [-0.2, 0) is 7.05 Å². The molecule has 0 N–H and O–H groups in total. The summed E-state index contributed by atoms with van der Waals surface area (Å²) in [7, 11) is 1.99. The fourth-order valence-corrected chi connectivity index (χ4v) is 4.19. The van der Waals surface area contributed by atoms with Crippen molar-refractivity contribution in [3.05, 3.63) is 77.6 Å². The predicted molar refractivity (Wildman–Crippen MR) is 112 cm³/mol. The molecule has 0 aliphatic carbocycles. The minimum absolute atomic E-state index is 0.907. The Balaban J connectivity index is 1.90. The molecule has 0 bridgehead atoms. The summed E-state index contributed by atoms with van der Waals surface area (Å²) in [5.41, 5.74) is 7.65. The lowest BCUT2D eigenvalue weighted by Crippen LogP contribution is -2.34. The molecule has 0 atom stereocenters. The zero-order valence-corrected chi connectivity index (χ0v) is 16.5. The standard InChI is InChI=1S/C24H22N3O/c1-15-12-13-19-18-10-5-6-11-20(18)28-23(19)21(15)24-26(4)25-14-27(24)22-16(2)8-7-9-17(22)3/h5-14H,1-4H3/q+1. The van der Waals surface area contributed by atoms with Crippen LogP contribution in [0, 0.1) is 20.8 Å². The molecule has 0 aliphatic rings. The topological polar surface area (TPSA) is 34.8 Å². The first-order chi connectivity index (χ1) is 13.6. The Morgan fingerprint density at radius 3 is 2.36 bits per heavy atom. The Morgan fingerprint density at radius 2 is 1.57 bits per heavy atom. The van der Waals surface area contributed by atoms with Crippen molar-refractivity contribution in [1.82, 2.24) is 9.78 Å². The molecule has 0 amide bonds. The molecule has 0 radical (unpaired) electrons. The molecule has 5 aromatic rings. The molecule has 4 nitrogen and oxygen atoms in total. The molecule has 138 valence electrons. The van der Waals surface area contributed by atoms with Gasteiger partial charge in [0.1, 0.15) is 16.9 Å². The van der Waals surface area contributed by atoms with Gasteiger partial charge in [0, 0.05) is 15.9 Å². The lowest BCUT2D eigenvalue weighted by molar-refractivity contribution is -0.585. The Morgan fingerprint density at radius 1 is 0.821 bits per heavy atom. The average molecular weight is 368 g/mol. The van der Waals surface area contributed by atoms with Crippen LogP contribution in [0.2, 0.25) is 0 Å². The van der Waals surface area contributed by atoms with Crippen LogP contribution in [0.4, 0.5) is 0 Å². The highest BCUT2D eigenvalue weighted by atomic mass is 16.3. The number of aryl methyl sites for hydroxylation is 4. The van der Waals surface area contributed by atoms with Crippen molar-refractivity contribution in [2.45, 2.75) is 20.8 Å². The molecular formula is C24H22N3O+. The second kappa shape index (κ2) is 6.06. The highest BCUT2D eigenvalue weighted by molar-refractivity contribution is 6.09. The molecule has 28 heavy (non-hydrogen) atoms. The third kappa shape index (κ3) is 2.31. The van der Waals surface area contributed by atoms with Crippen LogP contribution in [0.5, 0.6) is 0 Å². The molecule has 3 aromatic carbocycles. The van der Waals surface area contributed by atoms with Crippen LogP contribution < -0.4 is 4.57 Å². The fourth-order valence-electron chi connectivity index (χ4n) is 4.19. The molecule has 0 aliphatic heterocycles. The first-order valence-electron chi connectivity index (χ1n) is 9.47. The number of benzene rings is 3. The van der Waals surface area contributed by atoms with E-state index in [1.807, 2.05) is 30.2 Å². The second-order valence-corrected chi connectivity index (χ2v) is 7.42. The number of para-hydroxylation sites is 2. The van der Waals surface area contributed by atoms with E-state index in [4.69, 9.17) is 4.42 Å². The highest BCUT2D eigenvalue weighted by Crippen LogP contribution is 2.37. The van der Waals surface area contributed by atoms with Crippen molar-refractivity contribution in [2.75, 3.05) is 0 Å². The minimum atomic E-state index is 0.907. The largest absolute Gasteiger partial charge is 0.455 e. The molecular weight excluding hydrogens is 346 g/mol. The maximum absolute atomic E-state index is 6.34. The molecule has 0 unspecified atom stereocenters. The SMILES string of the molecule is Cc1cccc(C)c1-[n+]1cnn(C)c1-c1c(C)ccc2c1oc1ccccc12. The van der Waals surface area contributed by atoms with Gasteiger partial charge in [0.2, 0.25) is 0 Å². The van der Waals surface area contributed by atoms with Gasteiger partial charge in [-0.15, -0.1) is 4.68 Å². The molecule has 0 spiro atoms. The molecule has 0 saturated heterocycles. The summed E-state index contributed by atoms with van der Waals surface area (Å²) in [6, 6.07) is 18.9. The van der Waals surface area contributed by atoms with E-state index in [9.17, 15) is 0 Å². The summed E-state index contributed by atoms with van der Waals surface area (Å²) in [6.07, 6.45) is 1.89. The van der Waals surface area contributed by atoms with Gasteiger partial charge in [0.15, 0.2) is 0 Å². The van der Waals surface area contributed by atoms with E-state index in [1.54, 1.807) is 0 Å². The number of aromatic nitrogens is 3. The third-order valence-electron chi connectivity index (χ3n) is 5.53. The van der Waals surface area contributed by atoms with E-state index in [0.29, 0.717) is 0 Å². The number of furan rings is 1. The zero-order valence-electron chi connectivity index (χ0n) is 16.5. The summed E-state index contributed by atoms with van der Waals surface area (Å²) >= 11 is 0. The Bertz CT molecular complexity index is 1340. The Hall–Kier alpha value is -3.40. The van der Waals surface area contributed by atoms with Crippen molar-refractivity contribution >= 4 is 21.9 Å². The van der Waals surface area contributed by atoms with E-state index < -0.39 is 0 Å². The van der Waals surface area contributed by atoms with E-state index in [1.165, 1.54) is 11.1 Å². The Labute approximate surface area is 163 Å². The van der Waals surface area contributed by atoms with E-state index >= 15 is 0 Å². The van der Waals surface area contributed by atoms with E-state index in [-0.39, 0.29) is 0 Å². The Kier molecular flexibility index (Phi) is 3.63. The van der Waals surface area contributed by atoms with Gasteiger partial charge in [0.05, 0.1) is 12.6 Å². The molecule has 0 fully saturated rings. The monoisotopic (exact) mass is 368 g/mol. The van der Waals surface area contributed by atoms with Crippen molar-refractivity contribution in [1.29, 1.82) is 0 Å². The van der Waals surface area contributed by atoms with Crippen LogP contribution in [0.3, 0.4) is 0 Å². The van der Waals surface area contributed by atoms with Gasteiger partial charge >= 0.3 is 0 Å². The summed E-state index contributed by atoms with van der Waals surface area (Å²) in [5.74, 6) is 1.01. The smallest absolute Gasteiger partial charge is 0.276 e. The highest BCUT2D eigenvalue weighted by Gasteiger charge is 2.27.